The molecule has 1 rings (SSSR count). The molecule has 158 valence electrons. The van der Waals surface area contributed by atoms with Gasteiger partial charge in [0.05, 0.1) is 24.3 Å². The van der Waals surface area contributed by atoms with E-state index >= 15 is 0 Å². The molecule has 0 saturated heterocycles. The van der Waals surface area contributed by atoms with Gasteiger partial charge >= 0.3 is 0 Å². The summed E-state index contributed by atoms with van der Waals surface area (Å²) in [5.74, 6) is 10.1. The third-order valence-corrected chi connectivity index (χ3v) is 4.34. The first kappa shape index (κ1) is 23.7. The molecule has 0 aromatic heterocycles. The van der Waals surface area contributed by atoms with Crippen molar-refractivity contribution in [1.82, 2.24) is 10.9 Å². The van der Waals surface area contributed by atoms with E-state index in [1.54, 1.807) is 0 Å². The van der Waals surface area contributed by atoms with Crippen LogP contribution in [0.3, 0.4) is 0 Å². The highest BCUT2D eigenvalue weighted by atomic mass is 16.5. The number of hydrazine groups is 2. The summed E-state index contributed by atoms with van der Waals surface area (Å²) in [7, 11) is 0. The minimum atomic E-state index is -0.515. The van der Waals surface area contributed by atoms with Crippen molar-refractivity contribution in [1.29, 1.82) is 0 Å². The van der Waals surface area contributed by atoms with Crippen LogP contribution in [-0.4, -0.2) is 25.0 Å². The van der Waals surface area contributed by atoms with Crippen LogP contribution in [0.4, 0.5) is 0 Å². The fourth-order valence-corrected chi connectivity index (χ4v) is 2.73. The quantitative estimate of drug-likeness (QED) is 0.166. The fraction of sp³-hybridized carbons (Fsp3) is 0.600. The summed E-state index contributed by atoms with van der Waals surface area (Å²) in [6.07, 6.45) is 8.24. The number of hydrogen-bond acceptors (Lipinski definition) is 6. The summed E-state index contributed by atoms with van der Waals surface area (Å²) in [6.45, 7) is 5.13. The topological polar surface area (TPSA) is 129 Å². The number of amides is 2. The number of nitrogens with two attached hydrogens (primary N) is 2. The molecule has 0 fully saturated rings. The van der Waals surface area contributed by atoms with E-state index in [4.69, 9.17) is 21.2 Å². The molecule has 0 heterocycles. The predicted octanol–water partition coefficient (Wildman–Crippen LogP) is 2.81. The molecule has 0 atom stereocenters. The summed E-state index contributed by atoms with van der Waals surface area (Å²) < 4.78 is 11.5. The van der Waals surface area contributed by atoms with E-state index in [-0.39, 0.29) is 22.6 Å². The maximum absolute atomic E-state index is 12.2. The van der Waals surface area contributed by atoms with Gasteiger partial charge in [0.25, 0.3) is 11.8 Å². The Labute approximate surface area is 167 Å². The van der Waals surface area contributed by atoms with Gasteiger partial charge < -0.3 is 9.47 Å². The monoisotopic (exact) mass is 394 g/mol. The highest BCUT2D eigenvalue weighted by molar-refractivity contribution is 6.02. The summed E-state index contributed by atoms with van der Waals surface area (Å²) in [4.78, 5) is 24.4. The van der Waals surface area contributed by atoms with E-state index in [9.17, 15) is 9.59 Å². The first-order valence-electron chi connectivity index (χ1n) is 10.0. The second-order valence-corrected chi connectivity index (χ2v) is 6.61. The molecule has 8 nitrogen and oxygen atoms in total. The third-order valence-electron chi connectivity index (χ3n) is 4.34. The molecule has 1 aromatic rings. The number of rotatable bonds is 14. The molecular formula is C20H34N4O4. The van der Waals surface area contributed by atoms with Gasteiger partial charge in [-0.15, -0.1) is 0 Å². The standard InChI is InChI=1S/C20H34N4O4/c1-3-5-7-9-11-27-17-13-16(20(26)24-22)18(14-15(17)19(25)23-21)28-12-10-8-6-4-2/h13-14H,3-12,21-22H2,1-2H3,(H,23,25)(H,24,26). The summed E-state index contributed by atoms with van der Waals surface area (Å²) in [6, 6.07) is 2.96. The van der Waals surface area contributed by atoms with Gasteiger partial charge in [0.1, 0.15) is 11.5 Å². The molecule has 1 aromatic carbocycles. The van der Waals surface area contributed by atoms with Gasteiger partial charge in [-0.25, -0.2) is 11.7 Å². The zero-order valence-corrected chi connectivity index (χ0v) is 17.0. The molecule has 28 heavy (non-hydrogen) atoms. The zero-order chi connectivity index (χ0) is 20.8. The van der Waals surface area contributed by atoms with Crippen molar-refractivity contribution in [2.24, 2.45) is 11.7 Å². The normalized spacial score (nSPS) is 10.4. The van der Waals surface area contributed by atoms with Crippen molar-refractivity contribution in [3.05, 3.63) is 23.3 Å². The van der Waals surface area contributed by atoms with Crippen LogP contribution in [0, 0.1) is 0 Å². The largest absolute Gasteiger partial charge is 0.493 e. The highest BCUT2D eigenvalue weighted by Crippen LogP contribution is 2.30. The van der Waals surface area contributed by atoms with Gasteiger partial charge in [-0.1, -0.05) is 52.4 Å². The van der Waals surface area contributed by atoms with E-state index in [1.165, 1.54) is 12.1 Å². The lowest BCUT2D eigenvalue weighted by Gasteiger charge is -2.16. The number of carbonyl (C=O) groups excluding carboxylic acids is 2. The van der Waals surface area contributed by atoms with Crippen molar-refractivity contribution in [3.63, 3.8) is 0 Å². The Bertz CT molecular complexity index is 569. The van der Waals surface area contributed by atoms with Crippen molar-refractivity contribution in [2.45, 2.75) is 65.2 Å². The van der Waals surface area contributed by atoms with Crippen LogP contribution >= 0.6 is 0 Å². The van der Waals surface area contributed by atoms with Crippen LogP contribution in [0.2, 0.25) is 0 Å². The van der Waals surface area contributed by atoms with Crippen LogP contribution in [0.1, 0.15) is 85.9 Å². The van der Waals surface area contributed by atoms with Crippen LogP contribution in [-0.2, 0) is 0 Å². The lowest BCUT2D eigenvalue weighted by atomic mass is 10.1. The molecule has 0 aliphatic rings. The van der Waals surface area contributed by atoms with E-state index in [0.29, 0.717) is 13.2 Å². The van der Waals surface area contributed by atoms with Gasteiger partial charge in [-0.3, -0.25) is 20.4 Å². The first-order valence-corrected chi connectivity index (χ1v) is 10.0. The number of ether oxygens (including phenoxy) is 2. The molecule has 0 saturated carbocycles. The molecule has 0 unspecified atom stereocenters. The smallest absolute Gasteiger partial charge is 0.269 e. The number of carbonyl (C=O) groups is 2. The summed E-state index contributed by atoms with van der Waals surface area (Å²) >= 11 is 0. The Morgan fingerprint density at radius 1 is 0.750 bits per heavy atom. The fourth-order valence-electron chi connectivity index (χ4n) is 2.73. The first-order chi connectivity index (χ1) is 13.6. The molecule has 6 N–H and O–H groups in total. The molecule has 0 aliphatic heterocycles. The Kier molecular flexibility index (Phi) is 11.7. The average Bonchev–Trinajstić information content (AvgIpc) is 2.72. The molecule has 2 amide bonds. The van der Waals surface area contributed by atoms with E-state index in [1.807, 2.05) is 0 Å². The van der Waals surface area contributed by atoms with Crippen LogP contribution in [0.5, 0.6) is 11.5 Å². The van der Waals surface area contributed by atoms with Gasteiger partial charge in [0, 0.05) is 0 Å². The third kappa shape index (κ3) is 7.74. The lowest BCUT2D eigenvalue weighted by molar-refractivity contribution is 0.0934. The molecule has 0 aliphatic carbocycles. The number of unbranched alkanes of at least 4 members (excludes halogenated alkanes) is 6. The second-order valence-electron chi connectivity index (χ2n) is 6.61. The summed E-state index contributed by atoms with van der Waals surface area (Å²) in [5, 5.41) is 0. The van der Waals surface area contributed by atoms with Crippen LogP contribution in [0.25, 0.3) is 0 Å². The van der Waals surface area contributed by atoms with Crippen molar-refractivity contribution in [3.8, 4) is 11.5 Å². The van der Waals surface area contributed by atoms with Gasteiger partial charge in [-0.2, -0.15) is 0 Å². The molecular weight excluding hydrogens is 360 g/mol. The van der Waals surface area contributed by atoms with Gasteiger partial charge in [0.2, 0.25) is 0 Å². The van der Waals surface area contributed by atoms with Crippen molar-refractivity contribution < 1.29 is 19.1 Å². The molecule has 8 heteroatoms. The Hall–Kier alpha value is -2.32. The Balaban J connectivity index is 3.02. The summed E-state index contributed by atoms with van der Waals surface area (Å²) in [5.41, 5.74) is 4.65. The molecule has 0 radical (unpaired) electrons. The number of nitrogen functional groups attached to an aromatic ring is 2. The van der Waals surface area contributed by atoms with Gasteiger partial charge in [-0.05, 0) is 25.0 Å². The predicted molar refractivity (Wildman–Crippen MR) is 109 cm³/mol. The average molecular weight is 395 g/mol. The molecule has 0 bridgehead atoms. The van der Waals surface area contributed by atoms with Crippen LogP contribution in [0.15, 0.2) is 12.1 Å². The Morgan fingerprint density at radius 3 is 1.46 bits per heavy atom. The lowest BCUT2D eigenvalue weighted by Crippen LogP contribution is -2.32. The minimum Gasteiger partial charge on any atom is -0.493 e. The molecule has 0 spiro atoms. The maximum atomic E-state index is 12.2. The Morgan fingerprint density at radius 2 is 1.14 bits per heavy atom. The van der Waals surface area contributed by atoms with Crippen LogP contribution < -0.4 is 32.0 Å². The highest BCUT2D eigenvalue weighted by Gasteiger charge is 2.21. The van der Waals surface area contributed by atoms with E-state index in [0.717, 1.165) is 51.4 Å². The van der Waals surface area contributed by atoms with Crippen molar-refractivity contribution >= 4 is 11.8 Å². The van der Waals surface area contributed by atoms with E-state index in [2.05, 4.69) is 24.7 Å². The number of hydrogen-bond donors (Lipinski definition) is 4. The second kappa shape index (κ2) is 13.8. The van der Waals surface area contributed by atoms with E-state index < -0.39 is 11.8 Å². The zero-order valence-electron chi connectivity index (χ0n) is 17.0. The number of nitrogens with one attached hydrogen (secondary N) is 2. The van der Waals surface area contributed by atoms with Crippen molar-refractivity contribution in [2.75, 3.05) is 13.2 Å². The number of benzene rings is 1. The minimum absolute atomic E-state index is 0.218. The SMILES string of the molecule is CCCCCCOc1cc(C(=O)NN)c(OCCCCCC)cc1C(=O)NN. The van der Waals surface area contributed by atoms with Gasteiger partial charge in [0.15, 0.2) is 0 Å². The maximum Gasteiger partial charge on any atom is 0.269 e.